The monoisotopic (exact) mass is 609 g/mol. The molecule has 2 fully saturated rings. The average molecular weight is 610 g/mol. The van der Waals surface area contributed by atoms with E-state index in [2.05, 4.69) is 10.2 Å². The zero-order valence-corrected chi connectivity index (χ0v) is 24.6. The van der Waals surface area contributed by atoms with Crippen molar-refractivity contribution in [2.24, 2.45) is 5.73 Å². The molecule has 2 aromatic heterocycles. The third-order valence-corrected chi connectivity index (χ3v) is 9.27. The minimum Gasteiger partial charge on any atom is -0.451 e. The van der Waals surface area contributed by atoms with Crippen LogP contribution in [0.4, 0.5) is 10.1 Å². The van der Waals surface area contributed by atoms with Gasteiger partial charge in [0.15, 0.2) is 22.4 Å². The topological polar surface area (TPSA) is 123 Å². The summed E-state index contributed by atoms with van der Waals surface area (Å²) in [5, 5.41) is 5.85. The molecule has 4 heterocycles. The van der Waals surface area contributed by atoms with Crippen LogP contribution in [-0.2, 0) is 4.74 Å². The van der Waals surface area contributed by atoms with Crippen LogP contribution in [0.1, 0.15) is 23.2 Å². The first kappa shape index (κ1) is 27.9. The molecule has 8 rings (SSSR count). The number of hydrogen-bond donors (Lipinski definition) is 2. The number of likely N-dealkylation sites (tertiary alicyclic amines) is 1. The van der Waals surface area contributed by atoms with Crippen LogP contribution >= 0.6 is 0 Å². The molecule has 11 heteroatoms. The number of nitrogens with zero attached hydrogens (tertiary/aromatic N) is 3. The standard InChI is InChI=1S/C34H32FN5O5/c35-26-14-24-30-33(29(26)37-7-3-8-38-10-12-44-13-11-38)45-28-16-23-22(20-4-1-2-5-21(20)31(23)41)15-27(28)40(30)18-25(32(24)42)34(43)39-9-6-19(36)17-39/h1-2,4-5,14-16,18-19,37H,3,6-13,17,36H2/t19-/m0/s1. The number of nitrogens with one attached hydrogen (secondary N) is 1. The van der Waals surface area contributed by atoms with Crippen LogP contribution < -0.4 is 21.9 Å². The zero-order chi connectivity index (χ0) is 30.8. The van der Waals surface area contributed by atoms with Gasteiger partial charge in [0.1, 0.15) is 16.8 Å². The van der Waals surface area contributed by atoms with Gasteiger partial charge in [-0.05, 0) is 48.4 Å². The average Bonchev–Trinajstić information content (AvgIpc) is 3.61. The van der Waals surface area contributed by atoms with Crippen molar-refractivity contribution in [2.45, 2.75) is 18.9 Å². The van der Waals surface area contributed by atoms with Gasteiger partial charge in [0.05, 0.1) is 24.1 Å². The minimum atomic E-state index is -0.659. The molecule has 6 aromatic rings. The van der Waals surface area contributed by atoms with Crippen molar-refractivity contribution in [3.63, 3.8) is 0 Å². The smallest absolute Gasteiger partial charge is 0.259 e. The van der Waals surface area contributed by atoms with Gasteiger partial charge in [0.2, 0.25) is 5.43 Å². The molecule has 2 aliphatic rings. The number of amides is 1. The highest BCUT2D eigenvalue weighted by Gasteiger charge is 2.29. The van der Waals surface area contributed by atoms with E-state index in [1.54, 1.807) is 21.4 Å². The predicted octanol–water partition coefficient (Wildman–Crippen LogP) is 3.75. The number of morpholine rings is 1. The van der Waals surface area contributed by atoms with E-state index in [0.29, 0.717) is 66.7 Å². The van der Waals surface area contributed by atoms with Crippen molar-refractivity contribution in [3.05, 3.63) is 80.5 Å². The first-order valence-corrected chi connectivity index (χ1v) is 15.4. The Balaban J connectivity index is 1.34. The first-order chi connectivity index (χ1) is 21.9. The number of rotatable bonds is 6. The second-order valence-corrected chi connectivity index (χ2v) is 12.1. The van der Waals surface area contributed by atoms with Crippen molar-refractivity contribution in [1.82, 2.24) is 14.2 Å². The Morgan fingerprint density at radius 3 is 2.56 bits per heavy atom. The van der Waals surface area contributed by atoms with Crippen molar-refractivity contribution in [3.8, 4) is 0 Å². The minimum absolute atomic E-state index is 0.0401. The Hall–Kier alpha value is -4.58. The fourth-order valence-electron chi connectivity index (χ4n) is 6.94. The van der Waals surface area contributed by atoms with Crippen LogP contribution in [0.25, 0.3) is 49.1 Å². The number of fused-ring (bicyclic) bond motifs is 5. The number of aromatic nitrogens is 1. The number of carbonyl (C=O) groups excluding carboxylic acids is 1. The van der Waals surface area contributed by atoms with Crippen molar-refractivity contribution in [1.29, 1.82) is 0 Å². The van der Waals surface area contributed by atoms with Gasteiger partial charge in [-0.1, -0.05) is 24.3 Å². The number of anilines is 1. The summed E-state index contributed by atoms with van der Waals surface area (Å²) in [6, 6.07) is 11.9. The van der Waals surface area contributed by atoms with E-state index in [4.69, 9.17) is 14.9 Å². The number of benzene rings is 3. The third kappa shape index (κ3) is 4.53. The summed E-state index contributed by atoms with van der Waals surface area (Å²) in [4.78, 5) is 44.7. The fraction of sp³-hybridized carbons (Fsp3) is 0.324. The summed E-state index contributed by atoms with van der Waals surface area (Å²) in [5.41, 5.74) is 6.81. The molecule has 4 aromatic carbocycles. The molecule has 45 heavy (non-hydrogen) atoms. The molecule has 10 nitrogen and oxygen atoms in total. The molecule has 0 radical (unpaired) electrons. The van der Waals surface area contributed by atoms with Gasteiger partial charge in [0, 0.05) is 55.7 Å². The number of nitrogens with two attached hydrogens (primary N) is 1. The molecule has 0 bridgehead atoms. The van der Waals surface area contributed by atoms with Crippen LogP contribution in [0.3, 0.4) is 0 Å². The van der Waals surface area contributed by atoms with Crippen LogP contribution in [0.5, 0.6) is 0 Å². The lowest BCUT2D eigenvalue weighted by atomic mass is 10.1. The lowest BCUT2D eigenvalue weighted by Crippen LogP contribution is -2.37. The Bertz CT molecular complexity index is 2260. The van der Waals surface area contributed by atoms with Crippen molar-refractivity contribution >= 4 is 60.7 Å². The molecule has 0 saturated carbocycles. The molecule has 2 saturated heterocycles. The Morgan fingerprint density at radius 1 is 0.978 bits per heavy atom. The second kappa shape index (κ2) is 10.8. The number of pyridine rings is 1. The van der Waals surface area contributed by atoms with Gasteiger partial charge in [-0.3, -0.25) is 19.3 Å². The van der Waals surface area contributed by atoms with Crippen molar-refractivity contribution in [2.75, 3.05) is 57.8 Å². The number of hydrogen-bond acceptors (Lipinski definition) is 8. The van der Waals surface area contributed by atoms with E-state index in [1.165, 1.54) is 12.3 Å². The van der Waals surface area contributed by atoms with Gasteiger partial charge in [-0.25, -0.2) is 4.39 Å². The van der Waals surface area contributed by atoms with Gasteiger partial charge in [-0.15, -0.1) is 0 Å². The normalized spacial score (nSPS) is 17.9. The highest BCUT2D eigenvalue weighted by Crippen LogP contribution is 2.36. The summed E-state index contributed by atoms with van der Waals surface area (Å²) >= 11 is 0. The van der Waals surface area contributed by atoms with Crippen LogP contribution in [0.15, 0.2) is 62.7 Å². The molecule has 0 aliphatic carbocycles. The Kier molecular flexibility index (Phi) is 6.70. The van der Waals surface area contributed by atoms with E-state index < -0.39 is 17.2 Å². The highest BCUT2D eigenvalue weighted by molar-refractivity contribution is 6.15. The molecule has 1 atom stereocenters. The molecule has 1 amide bonds. The fourth-order valence-corrected chi connectivity index (χ4v) is 6.94. The Morgan fingerprint density at radius 2 is 1.78 bits per heavy atom. The molecule has 3 N–H and O–H groups in total. The molecular formula is C34H32FN5O5. The number of ether oxygens (including phenoxy) is 1. The predicted molar refractivity (Wildman–Crippen MR) is 172 cm³/mol. The van der Waals surface area contributed by atoms with Gasteiger partial charge < -0.3 is 29.5 Å². The summed E-state index contributed by atoms with van der Waals surface area (Å²) < 4.78 is 29.5. The maximum atomic E-state index is 15.9. The lowest BCUT2D eigenvalue weighted by Gasteiger charge is -2.26. The zero-order valence-electron chi connectivity index (χ0n) is 24.6. The maximum absolute atomic E-state index is 15.9. The third-order valence-electron chi connectivity index (χ3n) is 9.27. The SMILES string of the molecule is N[C@H]1CCN(C(=O)c2cn3c4cc5c(cc4oc4c(NCCCN6CCOCC6)c(F)cc(c2=O)c43)c(=O)c2ccccc25)C1. The van der Waals surface area contributed by atoms with E-state index >= 15 is 4.39 Å². The van der Waals surface area contributed by atoms with E-state index in [0.717, 1.165) is 36.8 Å². The lowest BCUT2D eigenvalue weighted by molar-refractivity contribution is 0.0378. The quantitative estimate of drug-likeness (QED) is 0.166. The van der Waals surface area contributed by atoms with Crippen LogP contribution in [-0.4, -0.2) is 78.6 Å². The molecular weight excluding hydrogens is 577 g/mol. The molecule has 0 unspecified atom stereocenters. The van der Waals surface area contributed by atoms with E-state index in [1.807, 2.05) is 24.3 Å². The van der Waals surface area contributed by atoms with Crippen LogP contribution in [0.2, 0.25) is 0 Å². The molecule has 0 spiro atoms. The highest BCUT2D eigenvalue weighted by atomic mass is 19.1. The van der Waals surface area contributed by atoms with E-state index in [9.17, 15) is 14.4 Å². The number of carbonyl (C=O) groups is 1. The second-order valence-electron chi connectivity index (χ2n) is 12.1. The van der Waals surface area contributed by atoms with Gasteiger partial charge in [0.25, 0.3) is 5.91 Å². The van der Waals surface area contributed by atoms with Crippen molar-refractivity contribution < 1.29 is 18.3 Å². The summed E-state index contributed by atoms with van der Waals surface area (Å²) in [6.45, 7) is 5.21. The summed E-state index contributed by atoms with van der Waals surface area (Å²) in [7, 11) is 0. The maximum Gasteiger partial charge on any atom is 0.259 e. The summed E-state index contributed by atoms with van der Waals surface area (Å²) in [6.07, 6.45) is 2.92. The summed E-state index contributed by atoms with van der Waals surface area (Å²) in [5.74, 6) is -1.10. The Labute approximate surface area is 256 Å². The number of halogens is 1. The van der Waals surface area contributed by atoms with Crippen LogP contribution in [0, 0.1) is 5.82 Å². The molecule has 2 aliphatic heterocycles. The largest absolute Gasteiger partial charge is 0.451 e. The van der Waals surface area contributed by atoms with Gasteiger partial charge in [-0.2, -0.15) is 0 Å². The van der Waals surface area contributed by atoms with Gasteiger partial charge >= 0.3 is 0 Å². The van der Waals surface area contributed by atoms with E-state index in [-0.39, 0.29) is 33.7 Å². The first-order valence-electron chi connectivity index (χ1n) is 15.4. The molecule has 230 valence electrons.